The molecule has 4 heteroatoms. The van der Waals surface area contributed by atoms with Gasteiger partial charge in [-0.15, -0.1) is 0 Å². The van der Waals surface area contributed by atoms with Crippen LogP contribution in [0.4, 0.5) is 0 Å². The van der Waals surface area contributed by atoms with Crippen molar-refractivity contribution < 1.29 is 5.11 Å². The van der Waals surface area contributed by atoms with Gasteiger partial charge in [0.15, 0.2) is 0 Å². The van der Waals surface area contributed by atoms with Gasteiger partial charge >= 0.3 is 0 Å². The fourth-order valence-corrected chi connectivity index (χ4v) is 1.47. The number of phenols is 1. The van der Waals surface area contributed by atoms with Crippen LogP contribution < -0.4 is 0 Å². The Bertz CT molecular complexity index is 522. The van der Waals surface area contributed by atoms with Gasteiger partial charge < -0.3 is 9.67 Å². The van der Waals surface area contributed by atoms with Gasteiger partial charge in [0, 0.05) is 13.1 Å². The molecule has 0 unspecified atom stereocenters. The van der Waals surface area contributed by atoms with E-state index in [2.05, 4.69) is 11.1 Å². The predicted molar refractivity (Wildman–Crippen MR) is 51.7 cm³/mol. The van der Waals surface area contributed by atoms with Crippen molar-refractivity contribution in [3.63, 3.8) is 0 Å². The van der Waals surface area contributed by atoms with Crippen LogP contribution in [0, 0.1) is 11.3 Å². The first kappa shape index (κ1) is 8.57. The maximum Gasteiger partial charge on any atom is 0.123 e. The van der Waals surface area contributed by atoms with E-state index < -0.39 is 0 Å². The molecule has 1 aromatic carbocycles. The van der Waals surface area contributed by atoms with E-state index >= 15 is 0 Å². The van der Waals surface area contributed by atoms with E-state index in [0.717, 1.165) is 11.0 Å². The molecule has 0 radical (unpaired) electrons. The van der Waals surface area contributed by atoms with Gasteiger partial charge in [0.05, 0.1) is 23.5 Å². The van der Waals surface area contributed by atoms with E-state index in [1.165, 1.54) is 0 Å². The number of phenolic OH excluding ortho intramolecular Hbond substituents is 1. The number of hydrogen-bond acceptors (Lipinski definition) is 3. The highest BCUT2D eigenvalue weighted by atomic mass is 16.3. The second kappa shape index (κ2) is 3.04. The summed E-state index contributed by atoms with van der Waals surface area (Å²) in [6.45, 7) is 0. The minimum atomic E-state index is 0.194. The number of benzene rings is 1. The highest BCUT2D eigenvalue weighted by Gasteiger charge is 2.06. The molecule has 0 atom stereocenters. The number of imidazole rings is 1. The van der Waals surface area contributed by atoms with Crippen LogP contribution in [-0.2, 0) is 13.5 Å². The van der Waals surface area contributed by atoms with Crippen molar-refractivity contribution in [2.24, 2.45) is 7.05 Å². The van der Waals surface area contributed by atoms with E-state index in [-0.39, 0.29) is 12.2 Å². The van der Waals surface area contributed by atoms with Gasteiger partial charge in [-0.3, -0.25) is 0 Å². The molecular formula is C10H9N3O. The number of nitriles is 1. The zero-order chi connectivity index (χ0) is 10.1. The molecule has 2 aromatic rings. The fourth-order valence-electron chi connectivity index (χ4n) is 1.47. The van der Waals surface area contributed by atoms with Crippen LogP contribution in [0.2, 0.25) is 0 Å². The summed E-state index contributed by atoms with van der Waals surface area (Å²) < 4.78 is 1.86. The average molecular weight is 187 g/mol. The average Bonchev–Trinajstić information content (AvgIpc) is 2.44. The molecule has 0 saturated heterocycles. The summed E-state index contributed by atoms with van der Waals surface area (Å²) in [4.78, 5) is 4.24. The molecule has 14 heavy (non-hydrogen) atoms. The summed E-state index contributed by atoms with van der Waals surface area (Å²) in [7, 11) is 1.86. The Hall–Kier alpha value is -2.02. The van der Waals surface area contributed by atoms with Crippen molar-refractivity contribution in [2.45, 2.75) is 6.42 Å². The number of nitrogens with zero attached hydrogens (tertiary/aromatic N) is 3. The van der Waals surface area contributed by atoms with E-state index in [0.29, 0.717) is 5.82 Å². The van der Waals surface area contributed by atoms with Crippen molar-refractivity contribution in [2.75, 3.05) is 0 Å². The number of aromatic nitrogens is 2. The van der Waals surface area contributed by atoms with Gasteiger partial charge in [-0.2, -0.15) is 5.26 Å². The smallest absolute Gasteiger partial charge is 0.123 e. The highest BCUT2D eigenvalue weighted by Crippen LogP contribution is 2.19. The van der Waals surface area contributed by atoms with Crippen LogP contribution in [0.1, 0.15) is 5.82 Å². The Kier molecular flexibility index (Phi) is 1.86. The van der Waals surface area contributed by atoms with Gasteiger partial charge in [-0.05, 0) is 12.1 Å². The number of hydrogen-bond donors (Lipinski definition) is 1. The van der Waals surface area contributed by atoms with Gasteiger partial charge in [0.2, 0.25) is 0 Å². The van der Waals surface area contributed by atoms with Crippen molar-refractivity contribution in [3.8, 4) is 11.8 Å². The predicted octanol–water partition coefficient (Wildman–Crippen LogP) is 1.34. The molecule has 0 spiro atoms. The molecule has 4 nitrogen and oxygen atoms in total. The number of fused-ring (bicyclic) bond motifs is 1. The summed E-state index contributed by atoms with van der Waals surface area (Å²) in [5, 5.41) is 17.8. The molecule has 2 rings (SSSR count). The summed E-state index contributed by atoms with van der Waals surface area (Å²) in [5.74, 6) is 0.909. The molecule has 1 heterocycles. The Morgan fingerprint density at radius 1 is 1.57 bits per heavy atom. The fraction of sp³-hybridized carbons (Fsp3) is 0.200. The van der Waals surface area contributed by atoms with Gasteiger partial charge in [0.25, 0.3) is 0 Å². The first-order chi connectivity index (χ1) is 6.72. The van der Waals surface area contributed by atoms with Crippen LogP contribution in [0.3, 0.4) is 0 Å². The quantitative estimate of drug-likeness (QED) is 0.732. The summed E-state index contributed by atoms with van der Waals surface area (Å²) in [6.07, 6.45) is 0.284. The lowest BCUT2D eigenvalue weighted by Crippen LogP contribution is -1.95. The van der Waals surface area contributed by atoms with Crippen LogP contribution in [0.15, 0.2) is 18.2 Å². The standard InChI is InChI=1S/C10H9N3O/c1-13-9-3-2-7(14)6-8(9)12-10(13)4-5-11/h2-3,6,14H,4H2,1H3. The number of aryl methyl sites for hydroxylation is 1. The monoisotopic (exact) mass is 187 g/mol. The Labute approximate surface area is 81.0 Å². The lowest BCUT2D eigenvalue weighted by molar-refractivity contribution is 0.476. The maximum absolute atomic E-state index is 9.25. The Morgan fingerprint density at radius 3 is 3.07 bits per heavy atom. The molecule has 0 saturated carbocycles. The highest BCUT2D eigenvalue weighted by molar-refractivity contribution is 5.77. The third-order valence-corrected chi connectivity index (χ3v) is 2.19. The zero-order valence-electron chi connectivity index (χ0n) is 7.73. The van der Waals surface area contributed by atoms with Gasteiger partial charge in [-0.1, -0.05) is 0 Å². The minimum absolute atomic E-state index is 0.194. The Morgan fingerprint density at radius 2 is 2.36 bits per heavy atom. The third-order valence-electron chi connectivity index (χ3n) is 2.19. The molecule has 70 valence electrons. The normalized spacial score (nSPS) is 10.3. The Balaban J connectivity index is 2.68. The van der Waals surface area contributed by atoms with Crippen LogP contribution in [0.25, 0.3) is 11.0 Å². The van der Waals surface area contributed by atoms with Crippen molar-refractivity contribution in [1.29, 1.82) is 5.26 Å². The maximum atomic E-state index is 9.25. The van der Waals surface area contributed by atoms with Gasteiger partial charge in [0.1, 0.15) is 11.6 Å². The summed E-state index contributed by atoms with van der Waals surface area (Å²) in [5.41, 5.74) is 1.64. The molecule has 0 bridgehead atoms. The topological polar surface area (TPSA) is 61.8 Å². The molecular weight excluding hydrogens is 178 g/mol. The molecule has 0 aliphatic heterocycles. The first-order valence-electron chi connectivity index (χ1n) is 4.23. The van der Waals surface area contributed by atoms with Gasteiger partial charge in [-0.25, -0.2) is 4.98 Å². The first-order valence-corrected chi connectivity index (χ1v) is 4.23. The van der Waals surface area contributed by atoms with Crippen LogP contribution in [0.5, 0.6) is 5.75 Å². The molecule has 0 fully saturated rings. The molecule has 0 aliphatic carbocycles. The summed E-state index contributed by atoms with van der Waals surface area (Å²) in [6, 6.07) is 7.05. The SMILES string of the molecule is Cn1c(CC#N)nc2cc(O)ccc21. The molecule has 1 aromatic heterocycles. The minimum Gasteiger partial charge on any atom is -0.508 e. The van der Waals surface area contributed by atoms with Crippen molar-refractivity contribution in [1.82, 2.24) is 9.55 Å². The van der Waals surface area contributed by atoms with Crippen molar-refractivity contribution >= 4 is 11.0 Å². The van der Waals surface area contributed by atoms with E-state index in [4.69, 9.17) is 5.26 Å². The van der Waals surface area contributed by atoms with E-state index in [9.17, 15) is 5.11 Å². The molecule has 0 amide bonds. The number of aromatic hydroxyl groups is 1. The molecule has 1 N–H and O–H groups in total. The second-order valence-electron chi connectivity index (χ2n) is 3.09. The van der Waals surface area contributed by atoms with Crippen molar-refractivity contribution in [3.05, 3.63) is 24.0 Å². The van der Waals surface area contributed by atoms with E-state index in [1.54, 1.807) is 18.2 Å². The molecule has 0 aliphatic rings. The zero-order valence-corrected chi connectivity index (χ0v) is 7.73. The lowest BCUT2D eigenvalue weighted by Gasteiger charge is -1.96. The largest absolute Gasteiger partial charge is 0.508 e. The third kappa shape index (κ3) is 1.19. The lowest BCUT2D eigenvalue weighted by atomic mass is 10.3. The van der Waals surface area contributed by atoms with Crippen LogP contribution in [-0.4, -0.2) is 14.7 Å². The number of rotatable bonds is 1. The summed E-state index contributed by atoms with van der Waals surface area (Å²) >= 11 is 0. The van der Waals surface area contributed by atoms with E-state index in [1.807, 2.05) is 11.6 Å². The van der Waals surface area contributed by atoms with Crippen LogP contribution >= 0.6 is 0 Å². The second-order valence-corrected chi connectivity index (χ2v) is 3.09.